The Kier molecular flexibility index (Phi) is 2.90. The van der Waals surface area contributed by atoms with Crippen molar-refractivity contribution in [1.82, 2.24) is 0 Å². The predicted octanol–water partition coefficient (Wildman–Crippen LogP) is 1.09. The van der Waals surface area contributed by atoms with E-state index in [9.17, 15) is 19.7 Å². The number of nitro groups is 1. The summed E-state index contributed by atoms with van der Waals surface area (Å²) in [6.45, 7) is 0.415. The zero-order valence-electron chi connectivity index (χ0n) is 12.0. The van der Waals surface area contributed by atoms with Gasteiger partial charge in [-0.2, -0.15) is 0 Å². The number of nitro benzene ring substituents is 1. The van der Waals surface area contributed by atoms with E-state index in [-0.39, 0.29) is 47.7 Å². The highest BCUT2D eigenvalue weighted by Crippen LogP contribution is 2.47. The number of hydrogen-bond donors (Lipinski definition) is 2. The number of nitrogens with one attached hydrogen (secondary N) is 2. The van der Waals surface area contributed by atoms with Gasteiger partial charge in [-0.15, -0.1) is 0 Å². The van der Waals surface area contributed by atoms with E-state index in [1.54, 1.807) is 0 Å². The van der Waals surface area contributed by atoms with Gasteiger partial charge in [-0.05, 0) is 12.8 Å². The van der Waals surface area contributed by atoms with Crippen LogP contribution < -0.4 is 10.6 Å². The lowest BCUT2D eigenvalue weighted by Gasteiger charge is -2.19. The maximum atomic E-state index is 12.3. The van der Waals surface area contributed by atoms with Crippen molar-refractivity contribution in [2.45, 2.75) is 18.6 Å². The van der Waals surface area contributed by atoms with Crippen molar-refractivity contribution in [3.8, 4) is 0 Å². The smallest absolute Gasteiger partial charge is 0.290 e. The van der Waals surface area contributed by atoms with Gasteiger partial charge < -0.3 is 20.1 Å². The fraction of sp³-hybridized carbons (Fsp3) is 0.429. The first-order chi connectivity index (χ1) is 11.0. The van der Waals surface area contributed by atoms with Gasteiger partial charge >= 0.3 is 0 Å². The number of ether oxygens (including phenoxy) is 2. The van der Waals surface area contributed by atoms with E-state index in [0.29, 0.717) is 0 Å². The largest absolute Gasteiger partial charge is 0.336 e. The second-order valence-corrected chi connectivity index (χ2v) is 5.70. The van der Waals surface area contributed by atoms with Gasteiger partial charge in [0.05, 0.1) is 35.1 Å². The van der Waals surface area contributed by atoms with Crippen LogP contribution in [0, 0.1) is 16.0 Å². The molecule has 9 heteroatoms. The van der Waals surface area contributed by atoms with Crippen LogP contribution in [-0.2, 0) is 24.8 Å². The molecular weight excluding hydrogens is 306 g/mol. The molecule has 2 heterocycles. The summed E-state index contributed by atoms with van der Waals surface area (Å²) in [5.74, 6) is -2.50. The summed E-state index contributed by atoms with van der Waals surface area (Å²) in [7, 11) is 0. The first-order valence-corrected chi connectivity index (χ1v) is 7.24. The van der Waals surface area contributed by atoms with E-state index in [2.05, 4.69) is 10.6 Å². The van der Waals surface area contributed by atoms with Gasteiger partial charge in [-0.25, -0.2) is 0 Å². The van der Waals surface area contributed by atoms with Crippen LogP contribution in [0.15, 0.2) is 12.1 Å². The molecule has 23 heavy (non-hydrogen) atoms. The van der Waals surface area contributed by atoms with Crippen LogP contribution in [0.3, 0.4) is 0 Å². The normalized spacial score (nSPS) is 21.1. The Morgan fingerprint density at radius 3 is 2.65 bits per heavy atom. The highest BCUT2D eigenvalue weighted by molar-refractivity contribution is 6.10. The molecule has 9 nitrogen and oxygen atoms in total. The fourth-order valence-electron chi connectivity index (χ4n) is 2.82. The summed E-state index contributed by atoms with van der Waals surface area (Å²) < 4.78 is 10.9. The monoisotopic (exact) mass is 319 g/mol. The van der Waals surface area contributed by atoms with Gasteiger partial charge in [0.2, 0.25) is 5.91 Å². The molecule has 120 valence electrons. The molecule has 1 spiro atoms. The number of fused-ring (bicyclic) bond motifs is 2. The third-order valence-corrected chi connectivity index (χ3v) is 4.13. The number of non-ortho nitro benzene ring substituents is 1. The van der Waals surface area contributed by atoms with E-state index < -0.39 is 16.6 Å². The third kappa shape index (κ3) is 2.08. The Balaban J connectivity index is 1.82. The summed E-state index contributed by atoms with van der Waals surface area (Å²) in [5.41, 5.74) is 0.456. The quantitative estimate of drug-likeness (QED) is 0.636. The van der Waals surface area contributed by atoms with Crippen molar-refractivity contribution in [3.05, 3.63) is 27.8 Å². The maximum absolute atomic E-state index is 12.3. The minimum atomic E-state index is -1.67. The molecule has 0 atom stereocenters. The summed E-state index contributed by atoms with van der Waals surface area (Å²) in [4.78, 5) is 34.9. The molecule has 0 radical (unpaired) electrons. The van der Waals surface area contributed by atoms with Crippen molar-refractivity contribution in [1.29, 1.82) is 0 Å². The van der Waals surface area contributed by atoms with Crippen LogP contribution >= 0.6 is 0 Å². The van der Waals surface area contributed by atoms with Crippen molar-refractivity contribution < 1.29 is 24.0 Å². The number of benzene rings is 1. The highest BCUT2D eigenvalue weighted by atomic mass is 16.7. The molecule has 2 N–H and O–H groups in total. The predicted molar refractivity (Wildman–Crippen MR) is 76.7 cm³/mol. The van der Waals surface area contributed by atoms with Crippen molar-refractivity contribution >= 4 is 28.9 Å². The Morgan fingerprint density at radius 2 is 2.04 bits per heavy atom. The van der Waals surface area contributed by atoms with E-state index >= 15 is 0 Å². The Labute approximate surface area is 130 Å². The molecule has 1 saturated carbocycles. The van der Waals surface area contributed by atoms with Crippen LogP contribution in [0.1, 0.15) is 18.4 Å². The molecule has 2 fully saturated rings. The van der Waals surface area contributed by atoms with Crippen molar-refractivity contribution in [3.63, 3.8) is 0 Å². The summed E-state index contributed by atoms with van der Waals surface area (Å²) in [6.07, 6.45) is 1.59. The van der Waals surface area contributed by atoms with E-state index in [4.69, 9.17) is 9.47 Å². The van der Waals surface area contributed by atoms with E-state index in [1.165, 1.54) is 12.1 Å². The lowest BCUT2D eigenvalue weighted by Crippen LogP contribution is -2.35. The number of carbonyl (C=O) groups is 2. The number of anilines is 2. The Bertz CT molecular complexity index is 736. The average molecular weight is 319 g/mol. The molecule has 2 aliphatic heterocycles. The molecule has 1 aromatic rings. The minimum Gasteiger partial charge on any atom is -0.336 e. The molecule has 3 aliphatic rings. The first-order valence-electron chi connectivity index (χ1n) is 7.24. The standard InChI is InChI=1S/C14H13N3O6/c18-12(7-1-2-7)15-10-6-8(17(20)21)5-9-11(10)16-13(19)14(9)22-3-4-23-14/h5-7H,1-4H2,(H,15,18)(H,16,19). The topological polar surface area (TPSA) is 120 Å². The number of hydrogen-bond acceptors (Lipinski definition) is 6. The van der Waals surface area contributed by atoms with Gasteiger partial charge in [0, 0.05) is 18.1 Å². The molecule has 1 aliphatic carbocycles. The number of nitrogens with zero attached hydrogens (tertiary/aromatic N) is 1. The first kappa shape index (κ1) is 14.1. The molecule has 0 unspecified atom stereocenters. The summed E-state index contributed by atoms with van der Waals surface area (Å²) >= 11 is 0. The molecule has 1 aromatic carbocycles. The zero-order chi connectivity index (χ0) is 16.2. The van der Waals surface area contributed by atoms with Gasteiger partial charge in [0.25, 0.3) is 17.4 Å². The Hall–Kier alpha value is -2.52. The lowest BCUT2D eigenvalue weighted by molar-refractivity contribution is -0.385. The summed E-state index contributed by atoms with van der Waals surface area (Å²) in [5, 5.41) is 16.4. The Morgan fingerprint density at radius 1 is 1.35 bits per heavy atom. The highest BCUT2D eigenvalue weighted by Gasteiger charge is 2.54. The maximum Gasteiger partial charge on any atom is 0.290 e. The second-order valence-electron chi connectivity index (χ2n) is 5.70. The fourth-order valence-corrected chi connectivity index (χ4v) is 2.82. The second kappa shape index (κ2) is 4.74. The van der Waals surface area contributed by atoms with Gasteiger partial charge in [-0.3, -0.25) is 19.7 Å². The van der Waals surface area contributed by atoms with E-state index in [1.807, 2.05) is 0 Å². The number of amides is 2. The zero-order valence-corrected chi connectivity index (χ0v) is 12.0. The SMILES string of the molecule is O=C(Nc1cc([N+](=O)[O-])cc2c1NC(=O)C21OCCO1)C1CC1. The molecular formula is C14H13N3O6. The number of carbonyl (C=O) groups excluding carboxylic acids is 2. The van der Waals surface area contributed by atoms with Crippen molar-refractivity contribution in [2.75, 3.05) is 23.8 Å². The van der Waals surface area contributed by atoms with E-state index in [0.717, 1.165) is 12.8 Å². The molecule has 2 amide bonds. The van der Waals surface area contributed by atoms with Gasteiger partial charge in [0.15, 0.2) is 0 Å². The van der Waals surface area contributed by atoms with Gasteiger partial charge in [0.1, 0.15) is 0 Å². The lowest BCUT2D eigenvalue weighted by atomic mass is 10.0. The summed E-state index contributed by atoms with van der Waals surface area (Å²) in [6, 6.07) is 2.47. The third-order valence-electron chi connectivity index (χ3n) is 4.13. The van der Waals surface area contributed by atoms with Crippen LogP contribution in [0.4, 0.5) is 17.1 Å². The van der Waals surface area contributed by atoms with Crippen LogP contribution in [0.25, 0.3) is 0 Å². The van der Waals surface area contributed by atoms with Crippen LogP contribution in [0.2, 0.25) is 0 Å². The number of rotatable bonds is 3. The van der Waals surface area contributed by atoms with Crippen molar-refractivity contribution in [2.24, 2.45) is 5.92 Å². The van der Waals surface area contributed by atoms with Gasteiger partial charge in [-0.1, -0.05) is 0 Å². The minimum absolute atomic E-state index is 0.0741. The molecule has 4 rings (SSSR count). The molecule has 0 bridgehead atoms. The van der Waals surface area contributed by atoms with Crippen LogP contribution in [0.5, 0.6) is 0 Å². The average Bonchev–Trinajstić information content (AvgIpc) is 3.19. The molecule has 1 saturated heterocycles. The molecule has 0 aromatic heterocycles. The van der Waals surface area contributed by atoms with Crippen LogP contribution in [-0.4, -0.2) is 30.0 Å².